The molecule has 1 aromatic carbocycles. The molecule has 1 amide bonds. The molecule has 0 saturated heterocycles. The number of aromatic nitrogens is 3. The van der Waals surface area contributed by atoms with E-state index in [4.69, 9.17) is 0 Å². The third-order valence-electron chi connectivity index (χ3n) is 4.05. The van der Waals surface area contributed by atoms with E-state index < -0.39 is 11.7 Å². The van der Waals surface area contributed by atoms with Crippen LogP contribution in [0.25, 0.3) is 10.9 Å². The van der Waals surface area contributed by atoms with Gasteiger partial charge in [0.25, 0.3) is 11.7 Å². The van der Waals surface area contributed by atoms with Crippen molar-refractivity contribution in [2.75, 3.05) is 5.32 Å². The summed E-state index contributed by atoms with van der Waals surface area (Å²) in [7, 11) is 1.74. The number of hydrogen-bond donors (Lipinski definition) is 1. The zero-order valence-electron chi connectivity index (χ0n) is 14.0. The predicted molar refractivity (Wildman–Crippen MR) is 92.1 cm³/mol. The third kappa shape index (κ3) is 2.67. The number of carbonyl (C=O) groups excluding carboxylic acids is 2. The van der Waals surface area contributed by atoms with Crippen LogP contribution in [-0.4, -0.2) is 26.5 Å². The van der Waals surface area contributed by atoms with Gasteiger partial charge in [0.1, 0.15) is 0 Å². The smallest absolute Gasteiger partial charge is 0.296 e. The molecular weight excluding hydrogens is 304 g/mol. The monoisotopic (exact) mass is 322 g/mol. The van der Waals surface area contributed by atoms with Gasteiger partial charge in [-0.2, -0.15) is 5.10 Å². The SMILES string of the molecule is Cc1ccc2cccc(NC(=O)C(=O)c3c(C)nn(C)c3C)c2n1. The van der Waals surface area contributed by atoms with Crippen LogP contribution in [-0.2, 0) is 11.8 Å². The maximum absolute atomic E-state index is 12.5. The molecule has 2 heterocycles. The fourth-order valence-electron chi connectivity index (χ4n) is 2.74. The van der Waals surface area contributed by atoms with Gasteiger partial charge in [0.2, 0.25) is 0 Å². The Kier molecular flexibility index (Phi) is 3.89. The van der Waals surface area contributed by atoms with Crippen molar-refractivity contribution >= 4 is 28.3 Å². The summed E-state index contributed by atoms with van der Waals surface area (Å²) in [6, 6.07) is 9.31. The minimum absolute atomic E-state index is 0.347. The van der Waals surface area contributed by atoms with Crippen LogP contribution in [0.3, 0.4) is 0 Å². The minimum atomic E-state index is -0.690. The molecule has 3 aromatic rings. The molecule has 0 aliphatic heterocycles. The number of ketones is 1. The molecule has 0 fully saturated rings. The number of Topliss-reactive ketones (excluding diaryl/α,β-unsaturated/α-hetero) is 1. The van der Waals surface area contributed by atoms with Crippen molar-refractivity contribution in [3.8, 4) is 0 Å². The number of nitrogens with one attached hydrogen (secondary N) is 1. The van der Waals surface area contributed by atoms with Gasteiger partial charge in [-0.05, 0) is 32.9 Å². The molecule has 0 aliphatic rings. The average molecular weight is 322 g/mol. The Labute approximate surface area is 139 Å². The van der Waals surface area contributed by atoms with Crippen molar-refractivity contribution in [1.82, 2.24) is 14.8 Å². The maximum Gasteiger partial charge on any atom is 0.296 e. The summed E-state index contributed by atoms with van der Waals surface area (Å²) in [6.07, 6.45) is 0. The second-order valence-electron chi connectivity index (χ2n) is 5.78. The molecular formula is C18H18N4O2. The second-order valence-corrected chi connectivity index (χ2v) is 5.78. The highest BCUT2D eigenvalue weighted by Crippen LogP contribution is 2.22. The van der Waals surface area contributed by atoms with Crippen molar-refractivity contribution in [2.24, 2.45) is 7.05 Å². The summed E-state index contributed by atoms with van der Waals surface area (Å²) in [5.74, 6) is -1.28. The minimum Gasteiger partial charge on any atom is -0.317 e. The van der Waals surface area contributed by atoms with E-state index in [0.717, 1.165) is 11.1 Å². The molecule has 0 saturated carbocycles. The number of para-hydroxylation sites is 1. The van der Waals surface area contributed by atoms with Crippen LogP contribution in [0, 0.1) is 20.8 Å². The lowest BCUT2D eigenvalue weighted by atomic mass is 10.1. The fraction of sp³-hybridized carbons (Fsp3) is 0.222. The highest BCUT2D eigenvalue weighted by atomic mass is 16.2. The van der Waals surface area contributed by atoms with Crippen molar-refractivity contribution in [3.05, 3.63) is 53.0 Å². The number of fused-ring (bicyclic) bond motifs is 1. The number of nitrogens with zero attached hydrogens (tertiary/aromatic N) is 3. The number of amides is 1. The van der Waals surface area contributed by atoms with E-state index >= 15 is 0 Å². The van der Waals surface area contributed by atoms with Gasteiger partial charge in [-0.3, -0.25) is 19.3 Å². The van der Waals surface area contributed by atoms with E-state index in [9.17, 15) is 9.59 Å². The Morgan fingerprint density at radius 1 is 1.08 bits per heavy atom. The molecule has 0 unspecified atom stereocenters. The predicted octanol–water partition coefficient (Wildman–Crippen LogP) is 2.71. The van der Waals surface area contributed by atoms with Gasteiger partial charge < -0.3 is 5.32 Å². The maximum atomic E-state index is 12.5. The molecule has 2 aromatic heterocycles. The summed E-state index contributed by atoms with van der Waals surface area (Å²) in [5.41, 5.74) is 3.59. The topological polar surface area (TPSA) is 76.9 Å². The first-order valence-electron chi connectivity index (χ1n) is 7.60. The lowest BCUT2D eigenvalue weighted by molar-refractivity contribution is -0.112. The van der Waals surface area contributed by atoms with E-state index in [-0.39, 0.29) is 0 Å². The van der Waals surface area contributed by atoms with Gasteiger partial charge in [0.15, 0.2) is 0 Å². The largest absolute Gasteiger partial charge is 0.317 e. The first kappa shape index (κ1) is 15.9. The average Bonchev–Trinajstić information content (AvgIpc) is 2.80. The Balaban J connectivity index is 1.95. The van der Waals surface area contributed by atoms with Crippen molar-refractivity contribution in [1.29, 1.82) is 0 Å². The Bertz CT molecular complexity index is 973. The molecule has 122 valence electrons. The molecule has 0 aliphatic carbocycles. The van der Waals surface area contributed by atoms with Crippen LogP contribution in [0.1, 0.15) is 27.4 Å². The summed E-state index contributed by atoms with van der Waals surface area (Å²) >= 11 is 0. The van der Waals surface area contributed by atoms with Gasteiger partial charge in [-0.1, -0.05) is 18.2 Å². The molecule has 0 atom stereocenters. The molecule has 0 bridgehead atoms. The Hall–Kier alpha value is -3.02. The van der Waals surface area contributed by atoms with Crippen LogP contribution in [0.2, 0.25) is 0 Å². The van der Waals surface area contributed by atoms with Gasteiger partial charge in [-0.25, -0.2) is 0 Å². The Morgan fingerprint density at radius 2 is 1.83 bits per heavy atom. The van der Waals surface area contributed by atoms with Gasteiger partial charge >= 0.3 is 0 Å². The normalized spacial score (nSPS) is 10.8. The molecule has 0 radical (unpaired) electrons. The lowest BCUT2D eigenvalue weighted by Crippen LogP contribution is -2.24. The first-order valence-corrected chi connectivity index (χ1v) is 7.60. The quantitative estimate of drug-likeness (QED) is 0.594. The first-order chi connectivity index (χ1) is 11.4. The van der Waals surface area contributed by atoms with Gasteiger partial charge in [0.05, 0.1) is 22.5 Å². The molecule has 0 spiro atoms. The van der Waals surface area contributed by atoms with Gasteiger partial charge in [-0.15, -0.1) is 0 Å². The summed E-state index contributed by atoms with van der Waals surface area (Å²) in [4.78, 5) is 29.4. The Morgan fingerprint density at radius 3 is 2.50 bits per heavy atom. The molecule has 1 N–H and O–H groups in total. The second kappa shape index (κ2) is 5.88. The van der Waals surface area contributed by atoms with E-state index in [1.807, 2.05) is 31.2 Å². The summed E-state index contributed by atoms with van der Waals surface area (Å²) in [6.45, 7) is 5.37. The number of carbonyl (C=O) groups is 2. The van der Waals surface area contributed by atoms with Crippen LogP contribution < -0.4 is 5.32 Å². The number of rotatable bonds is 3. The standard InChI is InChI=1S/C18H18N4O2/c1-10-8-9-13-6-5-7-14(16(13)19-10)20-18(24)17(23)15-11(2)21-22(4)12(15)3/h5-9H,1-4H3,(H,20,24). The zero-order chi connectivity index (χ0) is 17.4. The van der Waals surface area contributed by atoms with Crippen molar-refractivity contribution in [3.63, 3.8) is 0 Å². The van der Waals surface area contributed by atoms with Gasteiger partial charge in [0, 0.05) is 23.8 Å². The van der Waals surface area contributed by atoms with E-state index in [2.05, 4.69) is 15.4 Å². The summed E-state index contributed by atoms with van der Waals surface area (Å²) < 4.78 is 1.60. The van der Waals surface area contributed by atoms with Crippen molar-refractivity contribution in [2.45, 2.75) is 20.8 Å². The molecule has 24 heavy (non-hydrogen) atoms. The number of aryl methyl sites for hydroxylation is 3. The van der Waals surface area contributed by atoms with Crippen LogP contribution in [0.5, 0.6) is 0 Å². The molecule has 6 heteroatoms. The fourth-order valence-corrected chi connectivity index (χ4v) is 2.74. The molecule has 6 nitrogen and oxygen atoms in total. The third-order valence-corrected chi connectivity index (χ3v) is 4.05. The van der Waals surface area contributed by atoms with Crippen LogP contribution in [0.4, 0.5) is 5.69 Å². The van der Waals surface area contributed by atoms with Crippen molar-refractivity contribution < 1.29 is 9.59 Å². The van der Waals surface area contributed by atoms with E-state index in [1.165, 1.54) is 0 Å². The van der Waals surface area contributed by atoms with Crippen LogP contribution >= 0.6 is 0 Å². The highest BCUT2D eigenvalue weighted by molar-refractivity contribution is 6.47. The highest BCUT2D eigenvalue weighted by Gasteiger charge is 2.24. The number of pyridine rings is 1. The number of anilines is 1. The molecule has 3 rings (SSSR count). The van der Waals surface area contributed by atoms with E-state index in [0.29, 0.717) is 28.2 Å². The number of hydrogen-bond acceptors (Lipinski definition) is 4. The van der Waals surface area contributed by atoms with Crippen LogP contribution in [0.15, 0.2) is 30.3 Å². The lowest BCUT2D eigenvalue weighted by Gasteiger charge is -2.08. The summed E-state index contributed by atoms with van der Waals surface area (Å²) in [5, 5.41) is 7.77. The number of benzene rings is 1. The van der Waals surface area contributed by atoms with E-state index in [1.54, 1.807) is 31.6 Å². The zero-order valence-corrected chi connectivity index (χ0v) is 14.0.